The van der Waals surface area contributed by atoms with Gasteiger partial charge in [-0.05, 0) is 13.0 Å². The Balaban J connectivity index is 2.53. The van der Waals surface area contributed by atoms with Gasteiger partial charge in [-0.15, -0.1) is 0 Å². The zero-order valence-corrected chi connectivity index (χ0v) is 7.49. The van der Waals surface area contributed by atoms with Gasteiger partial charge in [0, 0.05) is 11.8 Å². The van der Waals surface area contributed by atoms with Gasteiger partial charge in [0.1, 0.15) is 0 Å². The summed E-state index contributed by atoms with van der Waals surface area (Å²) in [6.07, 6.45) is 0. The standard InChI is InChI=1S/C9H12N2O2/c1-6-8(10)2-3-9(12)11(6)7-4-13-5-7/h2-3,7H,4-5,10H2,1H3. The molecule has 2 rings (SSSR count). The molecule has 4 nitrogen and oxygen atoms in total. The van der Waals surface area contributed by atoms with Crippen molar-refractivity contribution in [3.8, 4) is 0 Å². The van der Waals surface area contributed by atoms with Crippen LogP contribution in [-0.4, -0.2) is 17.8 Å². The van der Waals surface area contributed by atoms with E-state index >= 15 is 0 Å². The maximum absolute atomic E-state index is 11.5. The molecule has 1 aromatic heterocycles. The van der Waals surface area contributed by atoms with Crippen LogP contribution in [0.2, 0.25) is 0 Å². The van der Waals surface area contributed by atoms with Crippen LogP contribution in [0.4, 0.5) is 5.69 Å². The van der Waals surface area contributed by atoms with Crippen molar-refractivity contribution in [3.63, 3.8) is 0 Å². The first-order chi connectivity index (χ1) is 6.20. The van der Waals surface area contributed by atoms with Crippen LogP contribution in [0.25, 0.3) is 0 Å². The van der Waals surface area contributed by atoms with E-state index < -0.39 is 0 Å². The van der Waals surface area contributed by atoms with Gasteiger partial charge in [0.15, 0.2) is 0 Å². The Labute approximate surface area is 75.9 Å². The maximum Gasteiger partial charge on any atom is 0.251 e. The molecule has 0 aliphatic carbocycles. The molecule has 0 aromatic carbocycles. The van der Waals surface area contributed by atoms with Crippen LogP contribution in [0.5, 0.6) is 0 Å². The fourth-order valence-electron chi connectivity index (χ4n) is 1.49. The van der Waals surface area contributed by atoms with E-state index in [1.807, 2.05) is 6.92 Å². The summed E-state index contributed by atoms with van der Waals surface area (Å²) < 4.78 is 6.75. The van der Waals surface area contributed by atoms with Gasteiger partial charge in [-0.3, -0.25) is 4.79 Å². The Morgan fingerprint density at radius 3 is 2.77 bits per heavy atom. The van der Waals surface area contributed by atoms with Crippen LogP contribution in [0, 0.1) is 6.92 Å². The van der Waals surface area contributed by atoms with Crippen molar-refractivity contribution in [1.82, 2.24) is 4.57 Å². The first-order valence-corrected chi connectivity index (χ1v) is 4.25. The van der Waals surface area contributed by atoms with Crippen LogP contribution >= 0.6 is 0 Å². The molecule has 1 aliphatic rings. The Bertz CT molecular complexity index is 380. The number of nitrogens with zero attached hydrogens (tertiary/aromatic N) is 1. The molecule has 0 amide bonds. The Hall–Kier alpha value is -1.29. The molecule has 1 saturated heterocycles. The first-order valence-electron chi connectivity index (χ1n) is 4.25. The Kier molecular flexibility index (Phi) is 1.84. The highest BCUT2D eigenvalue weighted by atomic mass is 16.5. The predicted octanol–water partition coefficient (Wildman–Crippen LogP) is 0.310. The molecule has 1 fully saturated rings. The van der Waals surface area contributed by atoms with Crippen molar-refractivity contribution in [2.45, 2.75) is 13.0 Å². The van der Waals surface area contributed by atoms with Crippen LogP contribution in [0.1, 0.15) is 11.7 Å². The highest BCUT2D eigenvalue weighted by molar-refractivity contribution is 5.42. The second-order valence-electron chi connectivity index (χ2n) is 3.27. The number of nitrogens with two attached hydrogens (primary N) is 1. The fraction of sp³-hybridized carbons (Fsp3) is 0.444. The minimum atomic E-state index is 0.000000000000000444. The highest BCUT2D eigenvalue weighted by Crippen LogP contribution is 2.19. The number of rotatable bonds is 1. The van der Waals surface area contributed by atoms with Crippen LogP contribution in [-0.2, 0) is 4.74 Å². The normalized spacial score (nSPS) is 17.0. The first kappa shape index (κ1) is 8.31. The van der Waals surface area contributed by atoms with Gasteiger partial charge in [-0.2, -0.15) is 0 Å². The third-order valence-corrected chi connectivity index (χ3v) is 2.41. The van der Waals surface area contributed by atoms with Gasteiger partial charge < -0.3 is 15.0 Å². The van der Waals surface area contributed by atoms with Crippen molar-refractivity contribution in [1.29, 1.82) is 0 Å². The Morgan fingerprint density at radius 2 is 2.23 bits per heavy atom. The van der Waals surface area contributed by atoms with E-state index in [0.717, 1.165) is 5.69 Å². The summed E-state index contributed by atoms with van der Waals surface area (Å²) in [7, 11) is 0. The molecule has 4 heteroatoms. The number of ether oxygens (including phenoxy) is 1. The lowest BCUT2D eigenvalue weighted by Gasteiger charge is -2.29. The van der Waals surface area contributed by atoms with Crippen molar-refractivity contribution < 1.29 is 4.74 Å². The summed E-state index contributed by atoms with van der Waals surface area (Å²) in [6, 6.07) is 3.32. The molecule has 1 aliphatic heterocycles. The summed E-state index contributed by atoms with van der Waals surface area (Å²) in [5.74, 6) is 0. The third kappa shape index (κ3) is 1.23. The summed E-state index contributed by atoms with van der Waals surface area (Å²) in [4.78, 5) is 11.5. The van der Waals surface area contributed by atoms with E-state index in [1.165, 1.54) is 6.07 Å². The zero-order valence-electron chi connectivity index (χ0n) is 7.49. The SMILES string of the molecule is Cc1c(N)ccc(=O)n1C1COC1. The number of aromatic nitrogens is 1. The zero-order chi connectivity index (χ0) is 9.42. The minimum absolute atomic E-state index is 0.000000000000000444. The molecule has 0 atom stereocenters. The quantitative estimate of drug-likeness (QED) is 0.676. The van der Waals surface area contributed by atoms with Crippen LogP contribution in [0.3, 0.4) is 0 Å². The van der Waals surface area contributed by atoms with E-state index in [0.29, 0.717) is 18.9 Å². The summed E-state index contributed by atoms with van der Waals surface area (Å²) in [5.41, 5.74) is 7.20. The monoisotopic (exact) mass is 180 g/mol. The smallest absolute Gasteiger partial charge is 0.251 e. The van der Waals surface area contributed by atoms with Crippen molar-refractivity contribution >= 4 is 5.69 Å². The summed E-state index contributed by atoms with van der Waals surface area (Å²) in [5, 5.41) is 0. The fourth-order valence-corrected chi connectivity index (χ4v) is 1.49. The third-order valence-electron chi connectivity index (χ3n) is 2.41. The lowest BCUT2D eigenvalue weighted by Crippen LogP contribution is -2.38. The molecular weight excluding hydrogens is 168 g/mol. The summed E-state index contributed by atoms with van der Waals surface area (Å²) in [6.45, 7) is 3.09. The molecule has 0 spiro atoms. The molecule has 0 unspecified atom stereocenters. The molecule has 2 heterocycles. The van der Waals surface area contributed by atoms with E-state index in [4.69, 9.17) is 10.5 Å². The van der Waals surface area contributed by atoms with Crippen molar-refractivity contribution in [2.75, 3.05) is 18.9 Å². The van der Waals surface area contributed by atoms with Crippen molar-refractivity contribution in [3.05, 3.63) is 28.2 Å². The van der Waals surface area contributed by atoms with Gasteiger partial charge in [-0.25, -0.2) is 0 Å². The van der Waals surface area contributed by atoms with E-state index in [2.05, 4.69) is 0 Å². The number of pyridine rings is 1. The average Bonchev–Trinajstić information content (AvgIpc) is 2.02. The molecule has 70 valence electrons. The lowest BCUT2D eigenvalue weighted by molar-refractivity contribution is -0.0255. The molecule has 0 saturated carbocycles. The molecule has 0 radical (unpaired) electrons. The van der Waals surface area contributed by atoms with E-state index in [-0.39, 0.29) is 11.6 Å². The maximum atomic E-state index is 11.5. The van der Waals surface area contributed by atoms with Gasteiger partial charge in [0.25, 0.3) is 5.56 Å². The summed E-state index contributed by atoms with van der Waals surface area (Å²) >= 11 is 0. The van der Waals surface area contributed by atoms with Gasteiger partial charge in [0.05, 0.1) is 24.9 Å². The molecular formula is C9H12N2O2. The lowest BCUT2D eigenvalue weighted by atomic mass is 10.2. The Morgan fingerprint density at radius 1 is 1.54 bits per heavy atom. The average molecular weight is 180 g/mol. The highest BCUT2D eigenvalue weighted by Gasteiger charge is 2.22. The van der Waals surface area contributed by atoms with Crippen LogP contribution < -0.4 is 11.3 Å². The topological polar surface area (TPSA) is 57.2 Å². The van der Waals surface area contributed by atoms with Gasteiger partial charge >= 0.3 is 0 Å². The second-order valence-corrected chi connectivity index (χ2v) is 3.27. The van der Waals surface area contributed by atoms with Crippen molar-refractivity contribution in [2.24, 2.45) is 0 Å². The molecule has 13 heavy (non-hydrogen) atoms. The van der Waals surface area contributed by atoms with Crippen LogP contribution in [0.15, 0.2) is 16.9 Å². The second kappa shape index (κ2) is 2.88. The minimum Gasteiger partial charge on any atom is -0.397 e. The van der Waals surface area contributed by atoms with E-state index in [9.17, 15) is 4.79 Å². The number of anilines is 1. The number of hydrogen-bond acceptors (Lipinski definition) is 3. The largest absolute Gasteiger partial charge is 0.397 e. The molecule has 2 N–H and O–H groups in total. The van der Waals surface area contributed by atoms with Gasteiger partial charge in [0.2, 0.25) is 0 Å². The molecule has 0 bridgehead atoms. The number of nitrogen functional groups attached to an aromatic ring is 1. The van der Waals surface area contributed by atoms with Gasteiger partial charge in [-0.1, -0.05) is 0 Å². The molecule has 1 aromatic rings. The predicted molar refractivity (Wildman–Crippen MR) is 49.7 cm³/mol. The van der Waals surface area contributed by atoms with E-state index in [1.54, 1.807) is 10.6 Å². The number of hydrogen-bond donors (Lipinski definition) is 1.